The number of methoxy groups -OCH3 is 2. The van der Waals surface area contributed by atoms with E-state index in [2.05, 4.69) is 71.2 Å². The van der Waals surface area contributed by atoms with Crippen LogP contribution in [0.3, 0.4) is 0 Å². The molecule has 0 saturated carbocycles. The number of likely N-dealkylation sites (N-methyl/N-ethyl adjacent to an activating group) is 2. The molecule has 4 aromatic carbocycles. The zero-order valence-electron chi connectivity index (χ0n) is 90.3. The third-order valence-electron chi connectivity index (χ3n) is 22.0. The first-order valence-electron chi connectivity index (χ1n) is 49.3. The normalized spacial score (nSPS) is 17.6. The van der Waals surface area contributed by atoms with E-state index < -0.39 is 189 Å². The highest BCUT2D eigenvalue weighted by Gasteiger charge is 2.41. The van der Waals surface area contributed by atoms with Crippen molar-refractivity contribution in [2.75, 3.05) is 114 Å². The quantitative estimate of drug-likeness (QED) is 0.00644. The summed E-state index contributed by atoms with van der Waals surface area (Å²) in [6.45, 7) is 42.9. The topological polar surface area (TPSA) is 540 Å². The van der Waals surface area contributed by atoms with Gasteiger partial charge in [0.2, 0.25) is 23.6 Å². The van der Waals surface area contributed by atoms with Crippen LogP contribution in [-0.4, -0.2) is 302 Å². The number of nitrogens with two attached hydrogens (primary N) is 1. The van der Waals surface area contributed by atoms with Crippen LogP contribution in [0.25, 0.3) is 22.3 Å². The molecule has 6 rings (SSSR count). The molecule has 2 heterocycles. The highest BCUT2D eigenvalue weighted by molar-refractivity contribution is 6.76. The molecule has 0 aromatic heterocycles. The Hall–Kier alpha value is -11.0. The minimum atomic E-state index is -1.52. The van der Waals surface area contributed by atoms with E-state index in [1.54, 1.807) is 172 Å². The van der Waals surface area contributed by atoms with Crippen LogP contribution in [0.1, 0.15) is 197 Å². The Morgan fingerprint density at radius 3 is 1.11 bits per heavy atom. The Balaban J connectivity index is 0.000000588. The van der Waals surface area contributed by atoms with Crippen molar-refractivity contribution in [3.8, 4) is 56.8 Å². The van der Waals surface area contributed by atoms with Gasteiger partial charge in [-0.1, -0.05) is 86.0 Å². The number of fused-ring (bicyclic) bond motifs is 10. The summed E-state index contributed by atoms with van der Waals surface area (Å²) >= 11 is 0. The summed E-state index contributed by atoms with van der Waals surface area (Å²) in [6.07, 6.45) is -7.23. The number of Topliss-reactive ketones (excluding diaryl/α,β-unsaturated/α-hetero) is 2. The monoisotopic (exact) mass is 2080 g/mol. The van der Waals surface area contributed by atoms with Crippen LogP contribution in [0.5, 0.6) is 34.5 Å². The van der Waals surface area contributed by atoms with Gasteiger partial charge < -0.3 is 139 Å². The van der Waals surface area contributed by atoms with E-state index in [-0.39, 0.29) is 162 Å². The number of benzene rings is 4. The summed E-state index contributed by atoms with van der Waals surface area (Å²) < 4.78 is 81.7. The first kappa shape index (κ1) is 126. The minimum absolute atomic E-state index is 0.0361. The average molecular weight is 2080 g/mol. The van der Waals surface area contributed by atoms with E-state index >= 15 is 0 Å². The van der Waals surface area contributed by atoms with Gasteiger partial charge in [-0.05, 0) is 199 Å². The molecule has 2 aliphatic rings. The fourth-order valence-electron chi connectivity index (χ4n) is 14.3. The highest BCUT2D eigenvalue weighted by Crippen LogP contribution is 2.49. The number of alkyl carbamates (subject to hydrolysis) is 4. The van der Waals surface area contributed by atoms with Crippen LogP contribution >= 0.6 is 0 Å². The lowest BCUT2D eigenvalue weighted by Gasteiger charge is -2.32. The highest BCUT2D eigenvalue weighted by atomic mass is 28.3. The predicted octanol–water partition coefficient (Wildman–Crippen LogP) is 11.3. The van der Waals surface area contributed by atoms with Gasteiger partial charge in [-0.15, -0.1) is 0 Å². The molecule has 2 aliphatic heterocycles. The van der Waals surface area contributed by atoms with Crippen molar-refractivity contribution in [1.29, 1.82) is 0 Å². The second kappa shape index (κ2) is 59.1. The first-order valence-corrected chi connectivity index (χ1v) is 56.7. The van der Waals surface area contributed by atoms with E-state index in [1.165, 1.54) is 51.1 Å². The van der Waals surface area contributed by atoms with E-state index in [1.807, 2.05) is 0 Å². The molecule has 8 amide bonds. The lowest BCUT2D eigenvalue weighted by molar-refractivity contribution is -0.146. The number of hydrogen-bond donors (Lipinski definition) is 12. The molecule has 0 spiro atoms. The molecule has 42 heteroatoms. The molecule has 8 bridgehead atoms. The largest absolute Gasteiger partial charge is 0.490 e. The molecule has 0 aliphatic carbocycles. The van der Waals surface area contributed by atoms with E-state index in [4.69, 9.17) is 77.2 Å². The van der Waals surface area contributed by atoms with Crippen molar-refractivity contribution in [1.82, 2.24) is 41.7 Å². The maximum Gasteiger partial charge on any atom is 0.407 e. The summed E-state index contributed by atoms with van der Waals surface area (Å²) in [5, 5.41) is 67.1. The van der Waals surface area contributed by atoms with Crippen molar-refractivity contribution in [3.05, 3.63) is 82.9 Å². The van der Waals surface area contributed by atoms with Gasteiger partial charge >= 0.3 is 36.3 Å². The molecular weight excluding hydrogens is 1920 g/mol. The number of hydrogen-bond acceptors (Lipinski definition) is 32. The second-order valence-electron chi connectivity index (χ2n) is 42.5. The predicted molar refractivity (Wildman–Crippen MR) is 550 cm³/mol. The number of amides is 8. The number of ketones is 2. The van der Waals surface area contributed by atoms with Gasteiger partial charge in [-0.25, -0.2) is 28.8 Å². The molecule has 0 radical (unpaired) electrons. The van der Waals surface area contributed by atoms with Gasteiger partial charge in [0.15, 0.2) is 48.2 Å². The van der Waals surface area contributed by atoms with Crippen molar-refractivity contribution >= 4 is 87.7 Å². The SMILES string of the molecule is CCO.CC[C@@H](O)COc1cc2cc(c1OCOCC[Si](C)(C)C)-c1cc(ccc1OC[C@H](O)CNC(=O)OC(C)(C)C)C[C@@H](C(=O)OC)NC(=O)[C@H](C)CC(=O)[C@H]2N(C)C(=O)[C@@H](C)CCNC(=O)OC(C)(C)C.CC[C@@H](O)COc1cc2cc(c1OCOCC[Si](C)(C)C)-c1cc(ccc1OC[C@H](O)CNC(=O)OC(C)(C)C)C[C@@H](C(=O)OC)NC(=O)[C@H](C)CC(=O)[C@H]2N(C)C(=O)[C@@H](N)CCNC(=O)OC(C)(C)C. The fraction of sp³-hybridized carbons (Fsp3) is 0.650. The summed E-state index contributed by atoms with van der Waals surface area (Å²) in [5.74, 6) is -7.01. The van der Waals surface area contributed by atoms with Crippen LogP contribution in [0.4, 0.5) is 19.2 Å². The number of carbonyl (C=O) groups is 12. The molecule has 816 valence electrons. The number of esters is 2. The third-order valence-corrected chi connectivity index (χ3v) is 25.4. The number of aliphatic hydroxyl groups excluding tert-OH is 5. The maximum absolute atomic E-state index is 14.9. The van der Waals surface area contributed by atoms with Crippen LogP contribution < -0.4 is 66.1 Å². The average Bonchev–Trinajstić information content (AvgIpc) is 0.768. The lowest BCUT2D eigenvalue weighted by atomic mass is 9.89. The number of aliphatic hydroxyl groups is 5. The minimum Gasteiger partial charge on any atom is -0.490 e. The Morgan fingerprint density at radius 2 is 0.779 bits per heavy atom. The van der Waals surface area contributed by atoms with Crippen LogP contribution in [0.15, 0.2) is 60.7 Å². The van der Waals surface area contributed by atoms with Crippen LogP contribution in [0, 0.1) is 17.8 Å². The summed E-state index contributed by atoms with van der Waals surface area (Å²) in [4.78, 5) is 165. The second-order valence-corrected chi connectivity index (χ2v) is 53.8. The van der Waals surface area contributed by atoms with Crippen molar-refractivity contribution in [2.24, 2.45) is 23.5 Å². The van der Waals surface area contributed by atoms with E-state index in [9.17, 15) is 78.0 Å². The van der Waals surface area contributed by atoms with E-state index in [0.717, 1.165) is 12.1 Å². The van der Waals surface area contributed by atoms with Gasteiger partial charge in [0.05, 0.1) is 45.6 Å². The Bertz CT molecular complexity index is 4590. The molecule has 4 aromatic rings. The van der Waals surface area contributed by atoms with Crippen LogP contribution in [-0.2, 0) is 89.1 Å². The molecule has 145 heavy (non-hydrogen) atoms. The van der Waals surface area contributed by atoms with Gasteiger partial charge in [-0.2, -0.15) is 0 Å². The molecule has 40 nitrogen and oxygen atoms in total. The molecule has 12 atom stereocenters. The van der Waals surface area contributed by atoms with E-state index in [0.29, 0.717) is 48.3 Å². The third kappa shape index (κ3) is 45.9. The first-order chi connectivity index (χ1) is 67.4. The molecular formula is C103H165N9O31Si2. The van der Waals surface area contributed by atoms with Crippen molar-refractivity contribution in [3.63, 3.8) is 0 Å². The van der Waals surface area contributed by atoms with Crippen molar-refractivity contribution in [2.45, 2.75) is 304 Å². The molecule has 0 saturated heterocycles. The lowest BCUT2D eigenvalue weighted by Crippen LogP contribution is -2.48. The maximum atomic E-state index is 14.9. The van der Waals surface area contributed by atoms with Gasteiger partial charge in [0.25, 0.3) is 0 Å². The van der Waals surface area contributed by atoms with Gasteiger partial charge in [0.1, 0.15) is 96.7 Å². The molecule has 0 fully saturated rings. The number of rotatable bonds is 42. The smallest absolute Gasteiger partial charge is 0.407 e. The molecule has 13 N–H and O–H groups in total. The summed E-state index contributed by atoms with van der Waals surface area (Å²) in [5.41, 5.74) is 6.04. The van der Waals surface area contributed by atoms with Crippen molar-refractivity contribution < 1.29 is 149 Å². The molecule has 0 unspecified atom stereocenters. The standard InChI is InChI=1S/C51H80N4O15Si.C50H79N5O15Si.C2H6O/c1-15-35(56)28-67-42-26-34-25-38(44(42)68-30-65-20-21-71(12,13)14)37-23-33(16-17-41(37)66-29-36(57)27-53-49(63)70-51(7,8)9)24-39(47(61)64-11)54-45(59)32(3)22-40(58)43(34)55(10)46(60)31(2)18-19-52-48(62)69-50(4,5)6;1-14-33(56)27-67-41-25-32-24-36(43(41)68-29-65-19-20-71(11,12)13)35-22-31(15-16-40(35)66-28-34(57)26-53-48(63)70-50(6,7)8)23-38(46(61)64-10)54-44(59)30(2)21-39(58)42(32)55(9)45(60)37(51)17-18-52-47(62)69-49(3,4)5;1-2-3/h16-17,23,25-26,31-32,35-36,39,43,56-57H,15,18-22,24,27-30H2,1-14H3,(H,52,62)(H,53,63)(H,54,59);15-16,22,24-25,30,33-34,37-38,42,56-57H,14,17-21,23,26-29,51H2,1-13H3,(H,52,62)(H,53,63)(H,54,59);3H,2H2,1H3/t31-,32+,35+,36+,39-,43-;30-,33-,34-,37+,38+,42+;/m01./s1. The fourth-order valence-corrected chi connectivity index (χ4v) is 15.8. The summed E-state index contributed by atoms with van der Waals surface area (Å²) in [7, 11) is 2.22. The number of nitrogens with zero attached hydrogens (tertiary/aromatic N) is 2. The van der Waals surface area contributed by atoms with Crippen LogP contribution in [0.2, 0.25) is 51.4 Å². The zero-order valence-corrected chi connectivity index (χ0v) is 92.3. The number of nitrogens with one attached hydrogen (secondary N) is 6. The Kier molecular flexibility index (Phi) is 51.5. The Morgan fingerprint density at radius 1 is 0.455 bits per heavy atom. The number of ether oxygens (including phenoxy) is 14. The number of carbonyl (C=O) groups excluding carboxylic acids is 12. The summed E-state index contributed by atoms with van der Waals surface area (Å²) in [6, 6.07) is 11.5. The Labute approximate surface area is 856 Å². The zero-order chi connectivity index (χ0) is 110. The van der Waals surface area contributed by atoms with Gasteiger partial charge in [-0.3, -0.25) is 28.8 Å². The van der Waals surface area contributed by atoms with Gasteiger partial charge in [0, 0.05) is 129 Å².